The summed E-state index contributed by atoms with van der Waals surface area (Å²) in [5.41, 5.74) is 2.51. The summed E-state index contributed by atoms with van der Waals surface area (Å²) in [5, 5.41) is 13.6. The van der Waals surface area contributed by atoms with Gasteiger partial charge in [-0.3, -0.25) is 0 Å². The summed E-state index contributed by atoms with van der Waals surface area (Å²) in [6, 6.07) is 7.84. The number of carbonyl (C=O) groups is 1. The maximum Gasteiger partial charge on any atom is 0.335 e. The summed E-state index contributed by atoms with van der Waals surface area (Å²) in [4.78, 5) is 11.0. The number of fused-ring (bicyclic) bond motifs is 1. The molecule has 0 saturated carbocycles. The molecule has 102 valence electrons. The highest BCUT2D eigenvalue weighted by Gasteiger charge is 2.10. The third-order valence-electron chi connectivity index (χ3n) is 3.24. The average molecular weight is 260 g/mol. The zero-order valence-corrected chi connectivity index (χ0v) is 11.6. The highest BCUT2D eigenvalue weighted by molar-refractivity contribution is 5.93. The van der Waals surface area contributed by atoms with Crippen LogP contribution in [0.5, 0.6) is 0 Å². The lowest BCUT2D eigenvalue weighted by Gasteiger charge is -2.11. The number of aromatic carboxylic acids is 1. The van der Waals surface area contributed by atoms with Crippen molar-refractivity contribution in [2.75, 3.05) is 0 Å². The first kappa shape index (κ1) is 13.6. The summed E-state index contributed by atoms with van der Waals surface area (Å²) >= 11 is 0. The van der Waals surface area contributed by atoms with Gasteiger partial charge >= 0.3 is 5.97 Å². The molecule has 0 aliphatic rings. The molecule has 4 heteroatoms. The second-order valence-electron chi connectivity index (χ2n) is 4.99. The molecule has 2 rings (SSSR count). The number of carboxylic acids is 1. The molecule has 4 nitrogen and oxygen atoms in total. The quantitative estimate of drug-likeness (QED) is 0.869. The Hall–Kier alpha value is -1.81. The minimum absolute atomic E-state index is 0.337. The molecule has 0 fully saturated rings. The Balaban J connectivity index is 2.46. The number of aromatic nitrogens is 1. The minimum Gasteiger partial charge on any atom is -0.478 e. The van der Waals surface area contributed by atoms with Crippen molar-refractivity contribution in [3.8, 4) is 0 Å². The molecule has 1 heterocycles. The topological polar surface area (TPSA) is 54.3 Å². The highest BCUT2D eigenvalue weighted by Crippen LogP contribution is 2.21. The van der Waals surface area contributed by atoms with Crippen molar-refractivity contribution in [2.45, 2.75) is 39.9 Å². The van der Waals surface area contributed by atoms with E-state index in [1.54, 1.807) is 12.1 Å². The van der Waals surface area contributed by atoms with Crippen molar-refractivity contribution in [2.24, 2.45) is 0 Å². The highest BCUT2D eigenvalue weighted by atomic mass is 16.4. The average Bonchev–Trinajstić information content (AvgIpc) is 2.72. The Bertz CT molecular complexity index is 599. The van der Waals surface area contributed by atoms with Crippen LogP contribution in [0, 0.1) is 0 Å². The van der Waals surface area contributed by atoms with Crippen molar-refractivity contribution in [3.05, 3.63) is 35.5 Å². The van der Waals surface area contributed by atoms with Crippen LogP contribution < -0.4 is 5.32 Å². The molecular formula is C15H20N2O2. The standard InChI is InChI=1S/C15H20N2O2/c1-4-17-13(9-16-10(2)3)7-11-5-6-12(15(18)19)8-14(11)17/h5-8,10,16H,4,9H2,1-3H3,(H,18,19). The van der Waals surface area contributed by atoms with E-state index in [0.717, 1.165) is 24.0 Å². The van der Waals surface area contributed by atoms with E-state index in [2.05, 4.69) is 36.7 Å². The normalized spacial score (nSPS) is 11.4. The number of hydrogen-bond donors (Lipinski definition) is 2. The first-order chi connectivity index (χ1) is 9.02. The lowest BCUT2D eigenvalue weighted by Crippen LogP contribution is -2.23. The molecule has 2 N–H and O–H groups in total. The van der Waals surface area contributed by atoms with Crippen LogP contribution in [0.15, 0.2) is 24.3 Å². The lowest BCUT2D eigenvalue weighted by atomic mass is 10.1. The van der Waals surface area contributed by atoms with Gasteiger partial charge in [0.05, 0.1) is 5.56 Å². The van der Waals surface area contributed by atoms with Crippen LogP contribution in [0.2, 0.25) is 0 Å². The summed E-state index contributed by atoms with van der Waals surface area (Å²) in [7, 11) is 0. The molecule has 1 aromatic carbocycles. The van der Waals surface area contributed by atoms with Crippen LogP contribution in [0.3, 0.4) is 0 Å². The van der Waals surface area contributed by atoms with Gasteiger partial charge in [-0.15, -0.1) is 0 Å². The van der Waals surface area contributed by atoms with Crippen LogP contribution >= 0.6 is 0 Å². The molecule has 0 spiro atoms. The smallest absolute Gasteiger partial charge is 0.335 e. The maximum absolute atomic E-state index is 11.0. The predicted molar refractivity (Wildman–Crippen MR) is 76.5 cm³/mol. The maximum atomic E-state index is 11.0. The fourth-order valence-corrected chi connectivity index (χ4v) is 2.27. The molecule has 0 atom stereocenters. The van der Waals surface area contributed by atoms with Crippen LogP contribution in [0.4, 0.5) is 0 Å². The summed E-state index contributed by atoms with van der Waals surface area (Å²) in [6.45, 7) is 7.93. The van der Waals surface area contributed by atoms with Gasteiger partial charge in [0.1, 0.15) is 0 Å². The van der Waals surface area contributed by atoms with E-state index in [-0.39, 0.29) is 0 Å². The number of hydrogen-bond acceptors (Lipinski definition) is 2. The van der Waals surface area contributed by atoms with Gasteiger partial charge in [0.2, 0.25) is 0 Å². The summed E-state index contributed by atoms with van der Waals surface area (Å²) in [5.74, 6) is -0.882. The minimum atomic E-state index is -0.882. The number of benzene rings is 1. The molecule has 0 unspecified atom stereocenters. The van der Waals surface area contributed by atoms with Crippen molar-refractivity contribution in [1.29, 1.82) is 0 Å². The SMILES string of the molecule is CCn1c(CNC(C)C)cc2ccc(C(=O)O)cc21. The zero-order valence-electron chi connectivity index (χ0n) is 11.6. The Kier molecular flexibility index (Phi) is 3.90. The fraction of sp³-hybridized carbons (Fsp3) is 0.400. The molecule has 2 aromatic rings. The van der Waals surface area contributed by atoms with Crippen LogP contribution in [-0.2, 0) is 13.1 Å². The third kappa shape index (κ3) is 2.79. The van der Waals surface area contributed by atoms with Gasteiger partial charge in [0, 0.05) is 30.3 Å². The number of nitrogens with zero attached hydrogens (tertiary/aromatic N) is 1. The van der Waals surface area contributed by atoms with E-state index in [1.165, 1.54) is 5.69 Å². The van der Waals surface area contributed by atoms with E-state index >= 15 is 0 Å². The fourth-order valence-electron chi connectivity index (χ4n) is 2.27. The van der Waals surface area contributed by atoms with Gasteiger partial charge in [0.15, 0.2) is 0 Å². The molecule has 0 aliphatic carbocycles. The Morgan fingerprint density at radius 3 is 2.68 bits per heavy atom. The number of carboxylic acid groups (broad SMARTS) is 1. The Labute approximate surface area is 113 Å². The van der Waals surface area contributed by atoms with Crippen molar-refractivity contribution in [1.82, 2.24) is 9.88 Å². The first-order valence-electron chi connectivity index (χ1n) is 6.61. The first-order valence-corrected chi connectivity index (χ1v) is 6.61. The molecule has 0 aliphatic heterocycles. The summed E-state index contributed by atoms with van der Waals surface area (Å²) < 4.78 is 2.16. The lowest BCUT2D eigenvalue weighted by molar-refractivity contribution is 0.0697. The van der Waals surface area contributed by atoms with E-state index in [4.69, 9.17) is 5.11 Å². The van der Waals surface area contributed by atoms with Gasteiger partial charge in [-0.1, -0.05) is 19.9 Å². The van der Waals surface area contributed by atoms with E-state index < -0.39 is 5.97 Å². The summed E-state index contributed by atoms with van der Waals surface area (Å²) in [6.07, 6.45) is 0. The van der Waals surface area contributed by atoms with Crippen molar-refractivity contribution in [3.63, 3.8) is 0 Å². The van der Waals surface area contributed by atoms with Gasteiger partial charge < -0.3 is 15.0 Å². The Morgan fingerprint density at radius 1 is 1.37 bits per heavy atom. The molecular weight excluding hydrogens is 240 g/mol. The second kappa shape index (κ2) is 5.45. The molecule has 0 saturated heterocycles. The van der Waals surface area contributed by atoms with Gasteiger partial charge in [-0.05, 0) is 30.5 Å². The molecule has 1 aromatic heterocycles. The van der Waals surface area contributed by atoms with Crippen LogP contribution in [-0.4, -0.2) is 21.7 Å². The molecule has 0 amide bonds. The molecule has 0 bridgehead atoms. The van der Waals surface area contributed by atoms with Gasteiger partial charge in [-0.2, -0.15) is 0 Å². The predicted octanol–water partition coefficient (Wildman–Crippen LogP) is 2.86. The van der Waals surface area contributed by atoms with Crippen molar-refractivity contribution < 1.29 is 9.90 Å². The van der Waals surface area contributed by atoms with E-state index in [1.807, 2.05) is 6.07 Å². The van der Waals surface area contributed by atoms with Crippen molar-refractivity contribution >= 4 is 16.9 Å². The number of nitrogens with one attached hydrogen (secondary N) is 1. The molecule has 19 heavy (non-hydrogen) atoms. The number of aryl methyl sites for hydroxylation is 1. The second-order valence-corrected chi connectivity index (χ2v) is 4.99. The van der Waals surface area contributed by atoms with Gasteiger partial charge in [0.25, 0.3) is 0 Å². The largest absolute Gasteiger partial charge is 0.478 e. The van der Waals surface area contributed by atoms with Crippen LogP contribution in [0.25, 0.3) is 10.9 Å². The van der Waals surface area contributed by atoms with E-state index in [0.29, 0.717) is 11.6 Å². The Morgan fingerprint density at radius 2 is 2.11 bits per heavy atom. The zero-order chi connectivity index (χ0) is 14.0. The van der Waals surface area contributed by atoms with Crippen LogP contribution in [0.1, 0.15) is 36.8 Å². The number of rotatable bonds is 5. The molecule has 0 radical (unpaired) electrons. The third-order valence-corrected chi connectivity index (χ3v) is 3.24. The van der Waals surface area contributed by atoms with E-state index in [9.17, 15) is 4.79 Å². The van der Waals surface area contributed by atoms with Gasteiger partial charge in [-0.25, -0.2) is 4.79 Å². The monoisotopic (exact) mass is 260 g/mol.